The van der Waals surface area contributed by atoms with Crippen molar-refractivity contribution in [2.24, 2.45) is 9.98 Å². The molecule has 2 aromatic carbocycles. The van der Waals surface area contributed by atoms with Crippen molar-refractivity contribution in [1.82, 2.24) is 0 Å². The third kappa shape index (κ3) is 2.09. The molecular formula is C16H14N2. The SMILES string of the molecule is Cc1ccc(C2=Nc3ccccc3CN=C2)cc1. The van der Waals surface area contributed by atoms with E-state index in [1.54, 1.807) is 0 Å². The van der Waals surface area contributed by atoms with E-state index < -0.39 is 0 Å². The van der Waals surface area contributed by atoms with Gasteiger partial charge in [-0.3, -0.25) is 4.99 Å². The molecule has 2 nitrogen and oxygen atoms in total. The fraction of sp³-hybridized carbons (Fsp3) is 0.125. The summed E-state index contributed by atoms with van der Waals surface area (Å²) in [5.74, 6) is 0. The number of aryl methyl sites for hydroxylation is 1. The third-order valence-electron chi connectivity index (χ3n) is 3.06. The van der Waals surface area contributed by atoms with Crippen LogP contribution in [0.2, 0.25) is 0 Å². The van der Waals surface area contributed by atoms with Gasteiger partial charge in [-0.15, -0.1) is 0 Å². The fourth-order valence-electron chi connectivity index (χ4n) is 2.01. The average molecular weight is 234 g/mol. The maximum absolute atomic E-state index is 4.71. The zero-order valence-electron chi connectivity index (χ0n) is 10.3. The van der Waals surface area contributed by atoms with Crippen molar-refractivity contribution in [2.75, 3.05) is 0 Å². The molecule has 1 heterocycles. The number of hydrogen-bond acceptors (Lipinski definition) is 2. The Bertz CT molecular complexity index is 622. The molecule has 0 saturated carbocycles. The summed E-state index contributed by atoms with van der Waals surface area (Å²) in [4.78, 5) is 9.14. The van der Waals surface area contributed by atoms with E-state index in [4.69, 9.17) is 4.99 Å². The monoisotopic (exact) mass is 234 g/mol. The van der Waals surface area contributed by atoms with Crippen LogP contribution in [0.1, 0.15) is 16.7 Å². The van der Waals surface area contributed by atoms with Gasteiger partial charge in [0.05, 0.1) is 17.9 Å². The largest absolute Gasteiger partial charge is 0.286 e. The number of benzene rings is 2. The number of nitrogens with zero attached hydrogens (tertiary/aromatic N) is 2. The first-order chi connectivity index (χ1) is 8.83. The second-order valence-corrected chi connectivity index (χ2v) is 4.46. The quantitative estimate of drug-likeness (QED) is 0.718. The molecule has 0 bridgehead atoms. The van der Waals surface area contributed by atoms with Crippen LogP contribution in [0, 0.1) is 6.92 Å². The molecule has 0 spiro atoms. The fourth-order valence-corrected chi connectivity index (χ4v) is 2.01. The van der Waals surface area contributed by atoms with Crippen LogP contribution in [0.3, 0.4) is 0 Å². The van der Waals surface area contributed by atoms with Crippen LogP contribution < -0.4 is 0 Å². The molecule has 18 heavy (non-hydrogen) atoms. The Morgan fingerprint density at radius 2 is 1.72 bits per heavy atom. The van der Waals surface area contributed by atoms with Crippen molar-refractivity contribution in [3.05, 3.63) is 65.2 Å². The van der Waals surface area contributed by atoms with E-state index in [2.05, 4.69) is 42.2 Å². The molecule has 0 saturated heterocycles. The Kier molecular flexibility index (Phi) is 2.77. The summed E-state index contributed by atoms with van der Waals surface area (Å²) < 4.78 is 0. The molecular weight excluding hydrogens is 220 g/mol. The molecule has 1 aliphatic heterocycles. The van der Waals surface area contributed by atoms with Gasteiger partial charge in [-0.1, -0.05) is 48.0 Å². The zero-order valence-corrected chi connectivity index (χ0v) is 10.3. The summed E-state index contributed by atoms with van der Waals surface area (Å²) in [6, 6.07) is 16.5. The zero-order chi connectivity index (χ0) is 12.4. The van der Waals surface area contributed by atoms with Crippen LogP contribution in [0.5, 0.6) is 0 Å². The summed E-state index contributed by atoms with van der Waals surface area (Å²) >= 11 is 0. The summed E-state index contributed by atoms with van der Waals surface area (Å²) in [5.41, 5.74) is 5.49. The average Bonchev–Trinajstić information content (AvgIpc) is 2.61. The van der Waals surface area contributed by atoms with Gasteiger partial charge in [0.1, 0.15) is 0 Å². The van der Waals surface area contributed by atoms with E-state index >= 15 is 0 Å². The van der Waals surface area contributed by atoms with Gasteiger partial charge in [-0.25, -0.2) is 4.99 Å². The highest BCUT2D eigenvalue weighted by Gasteiger charge is 2.07. The normalized spacial score (nSPS) is 13.7. The molecule has 0 N–H and O–H groups in total. The van der Waals surface area contributed by atoms with Crippen LogP contribution in [0.4, 0.5) is 5.69 Å². The lowest BCUT2D eigenvalue weighted by molar-refractivity contribution is 1.08. The van der Waals surface area contributed by atoms with Crippen LogP contribution in [-0.2, 0) is 6.54 Å². The minimum atomic E-state index is 0.703. The lowest BCUT2D eigenvalue weighted by Gasteiger charge is -2.02. The summed E-state index contributed by atoms with van der Waals surface area (Å²) in [6.45, 7) is 2.79. The molecule has 88 valence electrons. The minimum Gasteiger partial charge on any atom is -0.286 e. The standard InChI is InChI=1S/C16H14N2/c1-12-6-8-13(9-7-12)16-11-17-10-14-4-2-3-5-15(14)18-16/h2-9,11H,10H2,1H3. The first kappa shape index (κ1) is 10.9. The second kappa shape index (κ2) is 4.57. The smallest absolute Gasteiger partial charge is 0.0887 e. The Hall–Kier alpha value is -2.22. The highest BCUT2D eigenvalue weighted by Crippen LogP contribution is 2.22. The van der Waals surface area contributed by atoms with Gasteiger partial charge >= 0.3 is 0 Å². The topological polar surface area (TPSA) is 24.7 Å². The Morgan fingerprint density at radius 3 is 2.56 bits per heavy atom. The predicted molar refractivity (Wildman–Crippen MR) is 76.0 cm³/mol. The minimum absolute atomic E-state index is 0.703. The van der Waals surface area contributed by atoms with Crippen LogP contribution >= 0.6 is 0 Å². The number of aliphatic imine (C=N–C) groups is 2. The van der Waals surface area contributed by atoms with Gasteiger partial charge < -0.3 is 0 Å². The molecule has 1 aliphatic rings. The van der Waals surface area contributed by atoms with Crippen LogP contribution in [0.25, 0.3) is 0 Å². The Labute approximate surface area is 107 Å². The molecule has 0 aromatic heterocycles. The first-order valence-corrected chi connectivity index (χ1v) is 6.06. The van der Waals surface area contributed by atoms with E-state index in [0.717, 1.165) is 17.0 Å². The van der Waals surface area contributed by atoms with E-state index in [9.17, 15) is 0 Å². The lowest BCUT2D eigenvalue weighted by atomic mass is 10.1. The lowest BCUT2D eigenvalue weighted by Crippen LogP contribution is -2.01. The molecule has 0 radical (unpaired) electrons. The first-order valence-electron chi connectivity index (χ1n) is 6.06. The van der Waals surface area contributed by atoms with E-state index in [1.165, 1.54) is 11.1 Å². The molecule has 0 aliphatic carbocycles. The molecule has 0 fully saturated rings. The maximum Gasteiger partial charge on any atom is 0.0887 e. The van der Waals surface area contributed by atoms with Crippen molar-refractivity contribution in [3.8, 4) is 0 Å². The summed E-state index contributed by atoms with van der Waals surface area (Å²) in [6.07, 6.45) is 1.87. The second-order valence-electron chi connectivity index (χ2n) is 4.46. The highest BCUT2D eigenvalue weighted by atomic mass is 14.8. The molecule has 0 amide bonds. The van der Waals surface area contributed by atoms with Crippen molar-refractivity contribution in [1.29, 1.82) is 0 Å². The summed E-state index contributed by atoms with van der Waals surface area (Å²) in [5, 5.41) is 0. The van der Waals surface area contributed by atoms with Gasteiger partial charge in [0.2, 0.25) is 0 Å². The van der Waals surface area contributed by atoms with Crippen molar-refractivity contribution in [3.63, 3.8) is 0 Å². The Morgan fingerprint density at radius 1 is 0.944 bits per heavy atom. The van der Waals surface area contributed by atoms with Gasteiger partial charge in [0.25, 0.3) is 0 Å². The van der Waals surface area contributed by atoms with Crippen molar-refractivity contribution < 1.29 is 0 Å². The van der Waals surface area contributed by atoms with Gasteiger partial charge in [-0.2, -0.15) is 0 Å². The molecule has 0 unspecified atom stereocenters. The molecule has 2 aromatic rings. The van der Waals surface area contributed by atoms with Crippen molar-refractivity contribution in [2.45, 2.75) is 13.5 Å². The van der Waals surface area contributed by atoms with E-state index in [1.807, 2.05) is 24.4 Å². The summed E-state index contributed by atoms with van der Waals surface area (Å²) in [7, 11) is 0. The Balaban J connectivity index is 2.07. The predicted octanol–water partition coefficient (Wildman–Crippen LogP) is 3.70. The van der Waals surface area contributed by atoms with Crippen LogP contribution in [0.15, 0.2) is 58.5 Å². The molecule has 2 heteroatoms. The molecule has 0 atom stereocenters. The van der Waals surface area contributed by atoms with Crippen molar-refractivity contribution >= 4 is 17.6 Å². The van der Waals surface area contributed by atoms with Gasteiger partial charge in [0, 0.05) is 11.8 Å². The number of rotatable bonds is 1. The van der Waals surface area contributed by atoms with Gasteiger partial charge in [0.15, 0.2) is 0 Å². The van der Waals surface area contributed by atoms with Crippen LogP contribution in [-0.4, -0.2) is 11.9 Å². The number of para-hydroxylation sites is 1. The highest BCUT2D eigenvalue weighted by molar-refractivity contribution is 6.39. The van der Waals surface area contributed by atoms with Gasteiger partial charge in [-0.05, 0) is 18.6 Å². The van der Waals surface area contributed by atoms with E-state index in [0.29, 0.717) is 6.54 Å². The number of fused-ring (bicyclic) bond motifs is 1. The molecule has 3 rings (SSSR count). The number of hydrogen-bond donors (Lipinski definition) is 0. The maximum atomic E-state index is 4.71. The third-order valence-corrected chi connectivity index (χ3v) is 3.06. The van der Waals surface area contributed by atoms with E-state index in [-0.39, 0.29) is 0 Å².